The third-order valence-corrected chi connectivity index (χ3v) is 5.01. The molecular weight excluding hydrogens is 231 g/mol. The van der Waals surface area contributed by atoms with E-state index in [1.54, 1.807) is 7.05 Å². The zero-order valence-corrected chi connectivity index (χ0v) is 10.4. The third-order valence-electron chi connectivity index (χ3n) is 5.01. The number of hydrogen-bond acceptors (Lipinski definition) is 4. The van der Waals surface area contributed by atoms with Crippen molar-refractivity contribution >= 4 is 11.8 Å². The molecule has 3 aliphatic rings. The van der Waals surface area contributed by atoms with Crippen molar-refractivity contribution in [3.8, 4) is 0 Å². The SMILES string of the molecule is CNc1ncc(F)c(NC2C3C4CCC(C4)C23)n1. The molecule has 96 valence electrons. The molecule has 5 heteroatoms. The van der Waals surface area contributed by atoms with Crippen LogP contribution in [0.25, 0.3) is 0 Å². The molecule has 4 rings (SSSR count). The quantitative estimate of drug-likeness (QED) is 0.860. The fraction of sp³-hybridized carbons (Fsp3) is 0.692. The van der Waals surface area contributed by atoms with Crippen molar-refractivity contribution in [1.29, 1.82) is 0 Å². The molecule has 2 bridgehead atoms. The Morgan fingerprint density at radius 1 is 1.28 bits per heavy atom. The number of anilines is 2. The Balaban J connectivity index is 1.53. The van der Waals surface area contributed by atoms with E-state index >= 15 is 0 Å². The maximum absolute atomic E-state index is 13.7. The molecule has 0 radical (unpaired) electrons. The highest BCUT2D eigenvalue weighted by Gasteiger charge is 2.65. The van der Waals surface area contributed by atoms with Crippen molar-refractivity contribution in [2.24, 2.45) is 23.7 Å². The summed E-state index contributed by atoms with van der Waals surface area (Å²) in [6, 6.07) is 0.449. The predicted octanol–water partition coefficient (Wildman–Crippen LogP) is 2.11. The van der Waals surface area contributed by atoms with E-state index in [4.69, 9.17) is 0 Å². The van der Waals surface area contributed by atoms with E-state index in [1.807, 2.05) is 0 Å². The first-order valence-corrected chi connectivity index (χ1v) is 6.75. The van der Waals surface area contributed by atoms with Crippen LogP contribution in [0.2, 0.25) is 0 Å². The van der Waals surface area contributed by atoms with Crippen LogP contribution in [0.15, 0.2) is 6.20 Å². The Morgan fingerprint density at radius 3 is 2.67 bits per heavy atom. The molecule has 0 spiro atoms. The first-order valence-electron chi connectivity index (χ1n) is 6.75. The molecule has 3 fully saturated rings. The van der Waals surface area contributed by atoms with Gasteiger partial charge in [-0.1, -0.05) is 0 Å². The molecule has 4 nitrogen and oxygen atoms in total. The zero-order chi connectivity index (χ0) is 12.3. The highest BCUT2D eigenvalue weighted by atomic mass is 19.1. The van der Waals surface area contributed by atoms with Gasteiger partial charge in [0, 0.05) is 13.1 Å². The predicted molar refractivity (Wildman–Crippen MR) is 66.8 cm³/mol. The van der Waals surface area contributed by atoms with Crippen LogP contribution in [0, 0.1) is 29.5 Å². The number of aromatic nitrogens is 2. The van der Waals surface area contributed by atoms with E-state index in [0.717, 1.165) is 23.7 Å². The lowest BCUT2D eigenvalue weighted by molar-refractivity contribution is 0.456. The van der Waals surface area contributed by atoms with Gasteiger partial charge >= 0.3 is 0 Å². The second kappa shape index (κ2) is 3.56. The smallest absolute Gasteiger partial charge is 0.224 e. The van der Waals surface area contributed by atoms with Crippen molar-refractivity contribution in [3.05, 3.63) is 12.0 Å². The molecule has 2 N–H and O–H groups in total. The fourth-order valence-electron chi connectivity index (χ4n) is 4.27. The van der Waals surface area contributed by atoms with Gasteiger partial charge in [0.05, 0.1) is 6.20 Å². The molecule has 0 aliphatic heterocycles. The molecule has 4 unspecified atom stereocenters. The minimum absolute atomic E-state index is 0.355. The molecule has 4 atom stereocenters. The van der Waals surface area contributed by atoms with Crippen LogP contribution in [-0.2, 0) is 0 Å². The van der Waals surface area contributed by atoms with Crippen molar-refractivity contribution in [2.75, 3.05) is 17.7 Å². The van der Waals surface area contributed by atoms with Crippen LogP contribution >= 0.6 is 0 Å². The van der Waals surface area contributed by atoms with Gasteiger partial charge in [-0.15, -0.1) is 0 Å². The first-order chi connectivity index (χ1) is 8.78. The minimum atomic E-state index is -0.355. The molecule has 0 aromatic carbocycles. The van der Waals surface area contributed by atoms with Gasteiger partial charge in [0.15, 0.2) is 11.6 Å². The largest absolute Gasteiger partial charge is 0.364 e. The highest BCUT2D eigenvalue weighted by Crippen LogP contribution is 2.66. The summed E-state index contributed by atoms with van der Waals surface area (Å²) in [7, 11) is 1.74. The molecule has 0 amide bonds. The van der Waals surface area contributed by atoms with Crippen LogP contribution in [0.5, 0.6) is 0 Å². The van der Waals surface area contributed by atoms with Gasteiger partial charge in [-0.2, -0.15) is 4.98 Å². The molecule has 1 heterocycles. The summed E-state index contributed by atoms with van der Waals surface area (Å²) in [6.45, 7) is 0. The summed E-state index contributed by atoms with van der Waals surface area (Å²) in [6.07, 6.45) is 5.38. The number of rotatable bonds is 3. The van der Waals surface area contributed by atoms with Crippen LogP contribution in [0.4, 0.5) is 16.2 Å². The van der Waals surface area contributed by atoms with Crippen LogP contribution in [0.3, 0.4) is 0 Å². The van der Waals surface area contributed by atoms with Gasteiger partial charge in [0.25, 0.3) is 0 Å². The van der Waals surface area contributed by atoms with Crippen molar-refractivity contribution in [1.82, 2.24) is 9.97 Å². The minimum Gasteiger partial charge on any atom is -0.364 e. The number of hydrogen-bond donors (Lipinski definition) is 2. The highest BCUT2D eigenvalue weighted by molar-refractivity contribution is 5.44. The standard InChI is InChI=1S/C13H17FN4/c1-15-13-16-5-8(14)12(18-13)17-11-9-6-2-3-7(4-6)10(9)11/h5-7,9-11H,2-4H2,1H3,(H2,15,16,17,18). The molecule has 3 saturated carbocycles. The summed E-state index contributed by atoms with van der Waals surface area (Å²) < 4.78 is 13.7. The van der Waals surface area contributed by atoms with Gasteiger partial charge in [0.2, 0.25) is 5.95 Å². The van der Waals surface area contributed by atoms with Crippen LogP contribution in [-0.4, -0.2) is 23.1 Å². The summed E-state index contributed by atoms with van der Waals surface area (Å²) in [5.41, 5.74) is 0. The second-order valence-corrected chi connectivity index (χ2v) is 5.80. The van der Waals surface area contributed by atoms with Crippen molar-refractivity contribution in [3.63, 3.8) is 0 Å². The number of halogens is 1. The van der Waals surface area contributed by atoms with E-state index in [2.05, 4.69) is 20.6 Å². The maximum atomic E-state index is 13.7. The lowest BCUT2D eigenvalue weighted by Crippen LogP contribution is -2.15. The number of fused-ring (bicyclic) bond motifs is 5. The first kappa shape index (κ1) is 10.5. The zero-order valence-electron chi connectivity index (χ0n) is 10.4. The Labute approximate surface area is 105 Å². The van der Waals surface area contributed by atoms with E-state index in [-0.39, 0.29) is 5.82 Å². The molecule has 1 aromatic heterocycles. The summed E-state index contributed by atoms with van der Waals surface area (Å²) >= 11 is 0. The lowest BCUT2D eigenvalue weighted by atomic mass is 10.0. The summed E-state index contributed by atoms with van der Waals surface area (Å²) in [4.78, 5) is 8.02. The normalized spacial score (nSPS) is 39.6. The van der Waals surface area contributed by atoms with Gasteiger partial charge in [-0.05, 0) is 42.9 Å². The molecule has 3 aliphatic carbocycles. The van der Waals surface area contributed by atoms with E-state index in [9.17, 15) is 4.39 Å². The molecule has 0 saturated heterocycles. The number of nitrogens with one attached hydrogen (secondary N) is 2. The molecule has 1 aromatic rings. The summed E-state index contributed by atoms with van der Waals surface area (Å²) in [5, 5.41) is 6.14. The van der Waals surface area contributed by atoms with Crippen molar-refractivity contribution in [2.45, 2.75) is 25.3 Å². The third kappa shape index (κ3) is 1.36. The Hall–Kier alpha value is -1.39. The van der Waals surface area contributed by atoms with Gasteiger partial charge in [0.1, 0.15) is 0 Å². The molecular formula is C13H17FN4. The van der Waals surface area contributed by atoms with Crippen LogP contribution in [0.1, 0.15) is 19.3 Å². The van der Waals surface area contributed by atoms with E-state index in [1.165, 1.54) is 25.5 Å². The topological polar surface area (TPSA) is 49.8 Å². The molecule has 18 heavy (non-hydrogen) atoms. The average Bonchev–Trinajstić information content (AvgIpc) is 2.79. The lowest BCUT2D eigenvalue weighted by Gasteiger charge is -2.12. The van der Waals surface area contributed by atoms with Gasteiger partial charge in [-0.25, -0.2) is 9.37 Å². The Kier molecular flexibility index (Phi) is 2.08. The Bertz CT molecular complexity index is 476. The Morgan fingerprint density at radius 2 is 2.00 bits per heavy atom. The van der Waals surface area contributed by atoms with Crippen molar-refractivity contribution < 1.29 is 4.39 Å². The summed E-state index contributed by atoms with van der Waals surface area (Å²) in [5.74, 6) is 3.77. The monoisotopic (exact) mass is 248 g/mol. The van der Waals surface area contributed by atoms with E-state index in [0.29, 0.717) is 17.8 Å². The van der Waals surface area contributed by atoms with Gasteiger partial charge in [-0.3, -0.25) is 0 Å². The van der Waals surface area contributed by atoms with Crippen LogP contribution < -0.4 is 10.6 Å². The number of nitrogens with zero attached hydrogens (tertiary/aromatic N) is 2. The second-order valence-electron chi connectivity index (χ2n) is 5.80. The average molecular weight is 248 g/mol. The van der Waals surface area contributed by atoms with E-state index < -0.39 is 0 Å². The maximum Gasteiger partial charge on any atom is 0.224 e. The fourth-order valence-corrected chi connectivity index (χ4v) is 4.27. The van der Waals surface area contributed by atoms with Gasteiger partial charge < -0.3 is 10.6 Å².